The summed E-state index contributed by atoms with van der Waals surface area (Å²) in [5, 5.41) is 5.70. The molecule has 0 spiro atoms. The van der Waals surface area contributed by atoms with Crippen LogP contribution in [0.3, 0.4) is 0 Å². The van der Waals surface area contributed by atoms with E-state index in [2.05, 4.69) is 15.5 Å². The van der Waals surface area contributed by atoms with Gasteiger partial charge in [0.15, 0.2) is 0 Å². The third-order valence-corrected chi connectivity index (χ3v) is 5.95. The van der Waals surface area contributed by atoms with Crippen LogP contribution in [0.25, 0.3) is 5.69 Å². The van der Waals surface area contributed by atoms with E-state index in [0.29, 0.717) is 23.5 Å². The van der Waals surface area contributed by atoms with E-state index in [0.717, 1.165) is 44.8 Å². The van der Waals surface area contributed by atoms with Gasteiger partial charge in [-0.15, -0.1) is 0 Å². The largest absolute Gasteiger partial charge is 0.379 e. The second kappa shape index (κ2) is 11.6. The van der Waals surface area contributed by atoms with Crippen LogP contribution in [0.15, 0.2) is 71.7 Å². The van der Waals surface area contributed by atoms with Crippen molar-refractivity contribution in [2.45, 2.75) is 13.3 Å². The van der Waals surface area contributed by atoms with Crippen molar-refractivity contribution in [3.8, 4) is 5.69 Å². The fourth-order valence-electron chi connectivity index (χ4n) is 3.91. The summed E-state index contributed by atoms with van der Waals surface area (Å²) in [5.74, 6) is -0.587. The normalized spacial score (nSPS) is 13.9. The lowest BCUT2D eigenvalue weighted by Crippen LogP contribution is -2.38. The van der Waals surface area contributed by atoms with Gasteiger partial charge in [-0.1, -0.05) is 17.7 Å². The van der Waals surface area contributed by atoms with Gasteiger partial charge in [-0.2, -0.15) is 0 Å². The van der Waals surface area contributed by atoms with Crippen molar-refractivity contribution in [1.29, 1.82) is 0 Å². The first-order valence-electron chi connectivity index (χ1n) is 11.8. The molecule has 2 aromatic carbocycles. The molecule has 0 saturated carbocycles. The molecule has 0 unspecified atom stereocenters. The van der Waals surface area contributed by atoms with Crippen molar-refractivity contribution < 1.29 is 14.3 Å². The molecule has 1 aliphatic rings. The van der Waals surface area contributed by atoms with Crippen LogP contribution in [0.4, 0.5) is 5.69 Å². The van der Waals surface area contributed by atoms with E-state index in [-0.39, 0.29) is 17.4 Å². The molecule has 2 heterocycles. The second-order valence-corrected chi connectivity index (χ2v) is 8.53. The zero-order valence-corrected chi connectivity index (χ0v) is 19.8. The number of benzene rings is 2. The molecular weight excluding hydrogens is 444 g/mol. The van der Waals surface area contributed by atoms with Crippen molar-refractivity contribution in [1.82, 2.24) is 14.8 Å². The van der Waals surface area contributed by atoms with Gasteiger partial charge in [0.1, 0.15) is 5.56 Å². The molecule has 3 aromatic rings. The molecule has 182 valence electrons. The monoisotopic (exact) mass is 474 g/mol. The number of hydrogen-bond donors (Lipinski definition) is 2. The Hall–Kier alpha value is -3.75. The quantitative estimate of drug-likeness (QED) is 0.490. The number of carbonyl (C=O) groups is 2. The van der Waals surface area contributed by atoms with E-state index in [1.807, 2.05) is 19.1 Å². The summed E-state index contributed by atoms with van der Waals surface area (Å²) < 4.78 is 6.77. The second-order valence-electron chi connectivity index (χ2n) is 8.53. The lowest BCUT2D eigenvalue weighted by atomic mass is 10.1. The lowest BCUT2D eigenvalue weighted by Gasteiger charge is -2.26. The summed E-state index contributed by atoms with van der Waals surface area (Å²) in [6.07, 6.45) is 2.43. The third kappa shape index (κ3) is 6.44. The van der Waals surface area contributed by atoms with Crippen LogP contribution >= 0.6 is 0 Å². The third-order valence-electron chi connectivity index (χ3n) is 5.95. The maximum atomic E-state index is 13.0. The van der Waals surface area contributed by atoms with Crippen LogP contribution in [-0.4, -0.2) is 60.7 Å². The highest BCUT2D eigenvalue weighted by Gasteiger charge is 2.14. The topological polar surface area (TPSA) is 92.7 Å². The summed E-state index contributed by atoms with van der Waals surface area (Å²) in [7, 11) is 0. The number of morpholine rings is 1. The van der Waals surface area contributed by atoms with Gasteiger partial charge >= 0.3 is 0 Å². The maximum absolute atomic E-state index is 13.0. The number of hydrogen-bond acceptors (Lipinski definition) is 5. The Morgan fingerprint density at radius 1 is 0.943 bits per heavy atom. The molecule has 2 N–H and O–H groups in total. The Balaban J connectivity index is 1.36. The van der Waals surface area contributed by atoms with Crippen LogP contribution in [0.1, 0.15) is 32.7 Å². The highest BCUT2D eigenvalue weighted by Crippen LogP contribution is 2.14. The highest BCUT2D eigenvalue weighted by molar-refractivity contribution is 6.04. The predicted octanol–water partition coefficient (Wildman–Crippen LogP) is 2.85. The summed E-state index contributed by atoms with van der Waals surface area (Å²) in [6, 6.07) is 17.5. The van der Waals surface area contributed by atoms with Crippen LogP contribution in [0, 0.1) is 6.92 Å². The lowest BCUT2D eigenvalue weighted by molar-refractivity contribution is 0.0374. The van der Waals surface area contributed by atoms with Crippen molar-refractivity contribution in [3.63, 3.8) is 0 Å². The molecule has 0 bridgehead atoms. The number of nitrogens with one attached hydrogen (secondary N) is 2. The molecule has 0 aliphatic carbocycles. The van der Waals surface area contributed by atoms with Gasteiger partial charge in [-0.3, -0.25) is 23.9 Å². The van der Waals surface area contributed by atoms with Crippen molar-refractivity contribution in [2.24, 2.45) is 0 Å². The number of nitrogens with zero attached hydrogens (tertiary/aromatic N) is 2. The van der Waals surface area contributed by atoms with E-state index < -0.39 is 5.56 Å². The van der Waals surface area contributed by atoms with Crippen LogP contribution in [0.5, 0.6) is 0 Å². The number of aromatic nitrogens is 1. The minimum absolute atomic E-state index is 0.0932. The van der Waals surface area contributed by atoms with E-state index in [4.69, 9.17) is 4.74 Å². The van der Waals surface area contributed by atoms with E-state index in [1.54, 1.807) is 48.7 Å². The first kappa shape index (κ1) is 24.4. The minimum Gasteiger partial charge on any atom is -0.379 e. The van der Waals surface area contributed by atoms with Gasteiger partial charge in [-0.25, -0.2) is 0 Å². The zero-order chi connectivity index (χ0) is 24.6. The Labute approximate surface area is 204 Å². The molecule has 1 aromatic heterocycles. The van der Waals surface area contributed by atoms with Gasteiger partial charge in [0.25, 0.3) is 17.4 Å². The van der Waals surface area contributed by atoms with Crippen LogP contribution < -0.4 is 16.2 Å². The smallest absolute Gasteiger partial charge is 0.267 e. The first-order chi connectivity index (χ1) is 17.0. The fraction of sp³-hybridized carbons (Fsp3) is 0.296. The molecule has 1 saturated heterocycles. The van der Waals surface area contributed by atoms with Gasteiger partial charge in [0.2, 0.25) is 0 Å². The van der Waals surface area contributed by atoms with E-state index in [1.165, 1.54) is 10.6 Å². The van der Waals surface area contributed by atoms with Crippen molar-refractivity contribution >= 4 is 17.5 Å². The number of amides is 2. The molecule has 2 amide bonds. The number of anilines is 1. The van der Waals surface area contributed by atoms with Gasteiger partial charge < -0.3 is 15.4 Å². The highest BCUT2D eigenvalue weighted by atomic mass is 16.5. The van der Waals surface area contributed by atoms with Crippen LogP contribution in [-0.2, 0) is 4.74 Å². The molecule has 8 heteroatoms. The number of pyridine rings is 1. The molecular formula is C27H30N4O4. The van der Waals surface area contributed by atoms with Crippen LogP contribution in [0.2, 0.25) is 0 Å². The maximum Gasteiger partial charge on any atom is 0.267 e. The summed E-state index contributed by atoms with van der Waals surface area (Å²) in [5.41, 5.74) is 2.57. The Kier molecular flexibility index (Phi) is 8.07. The van der Waals surface area contributed by atoms with Crippen molar-refractivity contribution in [3.05, 3.63) is 93.9 Å². The molecule has 1 aliphatic heterocycles. The summed E-state index contributed by atoms with van der Waals surface area (Å²) >= 11 is 0. The summed E-state index contributed by atoms with van der Waals surface area (Å²) in [4.78, 5) is 40.3. The first-order valence-corrected chi connectivity index (χ1v) is 11.8. The molecule has 0 radical (unpaired) electrons. The average molecular weight is 475 g/mol. The molecule has 35 heavy (non-hydrogen) atoms. The summed E-state index contributed by atoms with van der Waals surface area (Å²) in [6.45, 7) is 6.66. The standard InChI is InChI=1S/C27H30N4O4/c1-20-5-7-21(8-6-20)25(32)29-22-9-11-23(12-10-22)31-15-2-4-24(27(31)34)26(33)28-13-3-14-30-16-18-35-19-17-30/h2,4-12,15H,3,13-14,16-19H2,1H3,(H,28,33)(H,29,32). The number of ether oxygens (including phenoxy) is 1. The van der Waals surface area contributed by atoms with Gasteiger partial charge in [0, 0.05) is 42.8 Å². The fourth-order valence-corrected chi connectivity index (χ4v) is 3.91. The number of rotatable bonds is 8. The molecule has 1 fully saturated rings. The number of carbonyl (C=O) groups excluding carboxylic acids is 2. The molecule has 4 rings (SSSR count). The van der Waals surface area contributed by atoms with E-state index in [9.17, 15) is 14.4 Å². The van der Waals surface area contributed by atoms with Gasteiger partial charge in [-0.05, 0) is 68.4 Å². The van der Waals surface area contributed by atoms with Crippen molar-refractivity contribution in [2.75, 3.05) is 44.7 Å². The van der Waals surface area contributed by atoms with Gasteiger partial charge in [0.05, 0.1) is 13.2 Å². The predicted molar refractivity (Wildman–Crippen MR) is 135 cm³/mol. The minimum atomic E-state index is -0.394. The molecule has 0 atom stereocenters. The average Bonchev–Trinajstić information content (AvgIpc) is 2.88. The van der Waals surface area contributed by atoms with E-state index >= 15 is 0 Å². The number of aryl methyl sites for hydroxylation is 1. The Morgan fingerprint density at radius 3 is 2.37 bits per heavy atom. The Bertz CT molecular complexity index is 1210. The zero-order valence-electron chi connectivity index (χ0n) is 19.8. The Morgan fingerprint density at radius 2 is 1.66 bits per heavy atom. The molecule has 8 nitrogen and oxygen atoms in total. The SMILES string of the molecule is Cc1ccc(C(=O)Nc2ccc(-n3cccc(C(=O)NCCCN4CCOCC4)c3=O)cc2)cc1.